The molecule has 5 heterocycles. The Morgan fingerprint density at radius 2 is 1.73 bits per heavy atom. The molecule has 0 spiro atoms. The molecule has 0 radical (unpaired) electrons. The van der Waals surface area contributed by atoms with Gasteiger partial charge in [0.1, 0.15) is 22.7 Å². The van der Waals surface area contributed by atoms with Gasteiger partial charge in [-0.25, -0.2) is 0 Å². The molecule has 1 fully saturated rings. The smallest absolute Gasteiger partial charge is 0.229 e. The van der Waals surface area contributed by atoms with Crippen molar-refractivity contribution < 1.29 is 19.1 Å². The maximum atomic E-state index is 13.2. The quantitative estimate of drug-likeness (QED) is 0.141. The highest BCUT2D eigenvalue weighted by molar-refractivity contribution is 7.15. The van der Waals surface area contributed by atoms with Crippen molar-refractivity contribution in [3.8, 4) is 5.00 Å². The fraction of sp³-hybridized carbons (Fsp3) is 0.436. The molecule has 56 heavy (non-hydrogen) atoms. The van der Waals surface area contributed by atoms with Crippen molar-refractivity contribution in [3.63, 3.8) is 0 Å². The number of carbonyl (C=O) groups excluding carboxylic acids is 2. The Morgan fingerprint density at radius 1 is 0.946 bits per heavy atom. The number of aryl methyl sites for hydroxylation is 2. The van der Waals surface area contributed by atoms with Crippen LogP contribution >= 0.6 is 46.1 Å². The first-order chi connectivity index (χ1) is 27.0. The van der Waals surface area contributed by atoms with Crippen LogP contribution in [0.15, 0.2) is 52.6 Å². The van der Waals surface area contributed by atoms with Gasteiger partial charge in [0, 0.05) is 53.6 Å². The van der Waals surface area contributed by atoms with Crippen LogP contribution < -0.4 is 15.6 Å². The predicted octanol–water partition coefficient (Wildman–Crippen LogP) is 6.31. The van der Waals surface area contributed by atoms with E-state index >= 15 is 0 Å². The number of halogens is 3. The fourth-order valence-corrected chi connectivity index (χ4v) is 8.66. The third-order valence-electron chi connectivity index (χ3n) is 10.1. The maximum Gasteiger partial charge on any atom is 0.229 e. The summed E-state index contributed by atoms with van der Waals surface area (Å²) in [5.41, 5.74) is 4.73. The number of anilines is 1. The molecule has 2 N–H and O–H groups in total. The zero-order valence-corrected chi connectivity index (χ0v) is 34.6. The number of hydrogen-bond acceptors (Lipinski definition) is 11. The molecule has 0 aliphatic carbocycles. The first-order valence-corrected chi connectivity index (χ1v) is 20.6. The SMILES string of the molecule is Cc1sc2c(c1C)C(c1ccc(Cl)cc1)=N[C@@H](CC(=O)NCCOCCOCCN1CC[C@H](C(=O)NC3=NN(c4ccc(Cl)c(Cl)c4)CC3)C1)c1nnc(C)n1-2. The lowest BCUT2D eigenvalue weighted by Gasteiger charge is -2.16. The molecule has 2 amide bonds. The number of hydrogen-bond donors (Lipinski definition) is 2. The molecule has 2 atom stereocenters. The highest BCUT2D eigenvalue weighted by Crippen LogP contribution is 2.39. The van der Waals surface area contributed by atoms with E-state index in [0.717, 1.165) is 58.4 Å². The molecule has 3 aliphatic rings. The summed E-state index contributed by atoms with van der Waals surface area (Å²) in [7, 11) is 0. The van der Waals surface area contributed by atoms with Gasteiger partial charge in [-0.3, -0.25) is 24.2 Å². The van der Waals surface area contributed by atoms with Gasteiger partial charge in [-0.2, -0.15) is 5.10 Å². The number of nitrogens with one attached hydrogen (secondary N) is 2. The summed E-state index contributed by atoms with van der Waals surface area (Å²) in [4.78, 5) is 34.8. The highest BCUT2D eigenvalue weighted by Gasteiger charge is 2.33. The molecular weight excluding hydrogens is 797 g/mol. The van der Waals surface area contributed by atoms with Crippen LogP contribution in [0, 0.1) is 26.7 Å². The Bertz CT molecular complexity index is 2140. The van der Waals surface area contributed by atoms with Gasteiger partial charge in [0.15, 0.2) is 5.82 Å². The number of carbonyl (C=O) groups is 2. The molecule has 296 valence electrons. The van der Waals surface area contributed by atoms with Crippen molar-refractivity contribution in [3.05, 3.63) is 90.7 Å². The first kappa shape index (κ1) is 40.3. The van der Waals surface area contributed by atoms with Crippen LogP contribution in [0.2, 0.25) is 15.1 Å². The van der Waals surface area contributed by atoms with Gasteiger partial charge in [0.2, 0.25) is 11.8 Å². The van der Waals surface area contributed by atoms with Crippen molar-refractivity contribution in [2.75, 3.05) is 64.2 Å². The topological polar surface area (TPSA) is 139 Å². The number of hydrazone groups is 1. The van der Waals surface area contributed by atoms with E-state index < -0.39 is 6.04 Å². The van der Waals surface area contributed by atoms with Gasteiger partial charge in [-0.15, -0.1) is 21.5 Å². The van der Waals surface area contributed by atoms with Crippen LogP contribution in [0.4, 0.5) is 5.69 Å². The Morgan fingerprint density at radius 3 is 2.52 bits per heavy atom. The van der Waals surface area contributed by atoms with Gasteiger partial charge in [0.05, 0.1) is 60.2 Å². The summed E-state index contributed by atoms with van der Waals surface area (Å²) in [5.74, 6) is 1.78. The second-order valence-electron chi connectivity index (χ2n) is 14.0. The minimum absolute atomic E-state index is 0.00586. The highest BCUT2D eigenvalue weighted by atomic mass is 35.5. The van der Waals surface area contributed by atoms with Gasteiger partial charge in [-0.05, 0) is 69.6 Å². The lowest BCUT2D eigenvalue weighted by molar-refractivity contribution is -0.123. The normalized spacial score (nSPS) is 18.0. The largest absolute Gasteiger partial charge is 0.378 e. The van der Waals surface area contributed by atoms with Crippen molar-refractivity contribution in [1.29, 1.82) is 0 Å². The van der Waals surface area contributed by atoms with Gasteiger partial charge in [0.25, 0.3) is 0 Å². The van der Waals surface area contributed by atoms with Crippen LogP contribution in [0.25, 0.3) is 5.00 Å². The van der Waals surface area contributed by atoms with E-state index in [-0.39, 0.29) is 24.2 Å². The molecule has 3 aliphatic heterocycles. The summed E-state index contributed by atoms with van der Waals surface area (Å²) in [5, 5.41) is 23.8. The van der Waals surface area contributed by atoms with Crippen LogP contribution in [-0.2, 0) is 19.1 Å². The molecule has 1 saturated heterocycles. The number of amides is 2. The molecule has 0 unspecified atom stereocenters. The third-order valence-corrected chi connectivity index (χ3v) is 12.3. The van der Waals surface area contributed by atoms with E-state index in [1.807, 2.05) is 46.8 Å². The van der Waals surface area contributed by atoms with Crippen LogP contribution in [-0.4, -0.2) is 102 Å². The van der Waals surface area contributed by atoms with Crippen LogP contribution in [0.5, 0.6) is 0 Å². The molecule has 2 aromatic carbocycles. The van der Waals surface area contributed by atoms with E-state index in [0.29, 0.717) is 79.2 Å². The van der Waals surface area contributed by atoms with Crippen LogP contribution in [0.1, 0.15) is 58.5 Å². The molecule has 4 aromatic rings. The predicted molar refractivity (Wildman–Crippen MR) is 221 cm³/mol. The van der Waals surface area contributed by atoms with E-state index in [1.54, 1.807) is 23.5 Å². The van der Waals surface area contributed by atoms with Gasteiger partial charge < -0.3 is 25.0 Å². The lowest BCUT2D eigenvalue weighted by atomic mass is 9.99. The number of likely N-dealkylation sites (tertiary alicyclic amines) is 1. The van der Waals surface area contributed by atoms with Gasteiger partial charge in [-0.1, -0.05) is 46.9 Å². The summed E-state index contributed by atoms with van der Waals surface area (Å²) < 4.78 is 13.6. The molecular formula is C39H44Cl3N9O4S. The maximum absolute atomic E-state index is 13.2. The average Bonchev–Trinajstić information content (AvgIpc) is 3.97. The van der Waals surface area contributed by atoms with E-state index in [4.69, 9.17) is 49.3 Å². The third kappa shape index (κ3) is 9.28. The van der Waals surface area contributed by atoms with E-state index in [9.17, 15) is 9.59 Å². The number of benzene rings is 2. The van der Waals surface area contributed by atoms with Crippen molar-refractivity contribution in [2.24, 2.45) is 16.0 Å². The molecule has 0 bridgehead atoms. The standard InChI is InChI=1S/C39H44Cl3N9O4S/c1-23-24(2)56-39-35(23)36(26-4-6-28(40)7-5-26)44-32(37-47-46-25(3)51(37)39)21-34(52)43-12-16-54-18-19-55-17-15-49-13-10-27(22-49)38(53)45-33-11-14-50(48-33)29-8-9-30(41)31(42)20-29/h4-9,20,27,32H,10-19,21-22H2,1-3H3,(H,43,52)(H,45,48,53)/t27-,32-/m0/s1. The monoisotopic (exact) mass is 839 g/mol. The second kappa shape index (κ2) is 18.1. The number of ether oxygens (including phenoxy) is 2. The molecule has 7 rings (SSSR count). The van der Waals surface area contributed by atoms with Crippen molar-refractivity contribution >= 4 is 75.2 Å². The van der Waals surface area contributed by atoms with Crippen molar-refractivity contribution in [2.45, 2.75) is 46.1 Å². The Labute approximate surface area is 345 Å². The molecule has 0 saturated carbocycles. The van der Waals surface area contributed by atoms with Crippen LogP contribution in [0.3, 0.4) is 0 Å². The van der Waals surface area contributed by atoms with E-state index in [1.165, 1.54) is 4.88 Å². The lowest BCUT2D eigenvalue weighted by Crippen LogP contribution is -2.36. The number of aromatic nitrogens is 3. The zero-order valence-electron chi connectivity index (χ0n) is 31.5. The Kier molecular flexibility index (Phi) is 13.1. The minimum Gasteiger partial charge on any atom is -0.378 e. The molecule has 13 nitrogen and oxygen atoms in total. The second-order valence-corrected chi connectivity index (χ2v) is 16.4. The van der Waals surface area contributed by atoms with Gasteiger partial charge >= 0.3 is 0 Å². The fourth-order valence-electron chi connectivity index (χ4n) is 7.03. The summed E-state index contributed by atoms with van der Waals surface area (Å²) in [6.07, 6.45) is 1.54. The first-order valence-electron chi connectivity index (χ1n) is 18.7. The Hall–Kier alpha value is -3.89. The number of thiophene rings is 1. The number of nitrogens with zero attached hydrogens (tertiary/aromatic N) is 7. The summed E-state index contributed by atoms with van der Waals surface area (Å²) in [6, 6.07) is 12.5. The average molecular weight is 841 g/mol. The molecule has 2 aromatic heterocycles. The minimum atomic E-state index is -0.537. The van der Waals surface area contributed by atoms with E-state index in [2.05, 4.69) is 44.7 Å². The number of aliphatic imine (C=N–C) groups is 1. The molecule has 17 heteroatoms. The number of fused-ring (bicyclic) bond motifs is 3. The zero-order chi connectivity index (χ0) is 39.3. The summed E-state index contributed by atoms with van der Waals surface area (Å²) in [6.45, 7) is 11.1. The number of rotatable bonds is 14. The Balaban J connectivity index is 0.806. The number of amidine groups is 1. The summed E-state index contributed by atoms with van der Waals surface area (Å²) >= 11 is 20.1. The van der Waals surface area contributed by atoms with Crippen molar-refractivity contribution in [1.82, 2.24) is 30.3 Å².